The zero-order valence-electron chi connectivity index (χ0n) is 29.9. The van der Waals surface area contributed by atoms with Crippen LogP contribution in [0.5, 0.6) is 0 Å². The molecule has 0 unspecified atom stereocenters. The average Bonchev–Trinajstić information content (AvgIpc) is 3.94. The number of aromatic nitrogens is 8. The molecule has 0 spiro atoms. The molecule has 0 amide bonds. The Hall–Kier alpha value is -7.49. The van der Waals surface area contributed by atoms with E-state index in [4.69, 9.17) is 42.7 Å². The molecule has 0 aliphatic carbocycles. The first-order chi connectivity index (χ1) is 28.1. The van der Waals surface area contributed by atoms with Crippen LogP contribution < -0.4 is 0 Å². The van der Waals surface area contributed by atoms with Crippen LogP contribution in [0.15, 0.2) is 146 Å². The summed E-state index contributed by atoms with van der Waals surface area (Å²) in [6.45, 7) is 0. The highest BCUT2D eigenvalue weighted by atomic mass is 32.1. The fourth-order valence-corrected chi connectivity index (χ4v) is 8.93. The first-order valence-corrected chi connectivity index (χ1v) is 19.2. The number of hydrogen-bond donors (Lipinski definition) is 2. The van der Waals surface area contributed by atoms with Crippen molar-refractivity contribution in [3.63, 3.8) is 0 Å². The summed E-state index contributed by atoms with van der Waals surface area (Å²) in [5, 5.41) is 12.4. The molecule has 0 saturated heterocycles. The van der Waals surface area contributed by atoms with Gasteiger partial charge in [0.05, 0.1) is 0 Å². The van der Waals surface area contributed by atoms with Crippen LogP contribution in [-0.2, 0) is 0 Å². The van der Waals surface area contributed by atoms with E-state index in [-0.39, 0.29) is 0 Å². The van der Waals surface area contributed by atoms with Crippen LogP contribution in [0.4, 0.5) is 0 Å². The van der Waals surface area contributed by atoms with E-state index in [0.29, 0.717) is 45.9 Å². The molecule has 11 aromatic rings. The Balaban J connectivity index is 1.25. The van der Waals surface area contributed by atoms with Gasteiger partial charge in [-0.3, -0.25) is 3.97 Å². The predicted molar refractivity (Wildman–Crippen MR) is 234 cm³/mol. The number of rotatable bonds is 0. The summed E-state index contributed by atoms with van der Waals surface area (Å²) in [4.78, 5) is 35.4. The van der Waals surface area contributed by atoms with Crippen LogP contribution in [0.3, 0.4) is 0 Å². The predicted octanol–water partition coefficient (Wildman–Crippen LogP) is 11.6. The lowest BCUT2D eigenvalue weighted by Crippen LogP contribution is -1.88. The largest absolute Gasteiger partial charge is 0.324 e. The smallest absolute Gasteiger partial charge is 0.164 e. The van der Waals surface area contributed by atoms with Crippen molar-refractivity contribution in [2.24, 2.45) is 0 Å². The molecule has 13 rings (SSSR count). The van der Waals surface area contributed by atoms with Crippen molar-refractivity contribution in [3.05, 3.63) is 146 Å². The molecule has 8 bridgehead atoms. The number of benzene rings is 8. The molecule has 8 nitrogen and oxygen atoms in total. The zero-order valence-corrected chi connectivity index (χ0v) is 30.8. The average molecular weight is 747 g/mol. The minimum absolute atomic E-state index is 0.549. The SMILES string of the molecule is Sn1c2nc3nc(nc4[nH]c(nc5nc(nc1c1cc6ccccc6cc12)-c1cc2ccccc2cc1-5)c1cc2ccccc2cc41)-c1cc2ccccc2cc1-3. The van der Waals surface area contributed by atoms with Crippen molar-refractivity contribution in [2.75, 3.05) is 0 Å². The van der Waals surface area contributed by atoms with Gasteiger partial charge in [-0.1, -0.05) is 110 Å². The van der Waals surface area contributed by atoms with E-state index in [1.165, 1.54) is 0 Å². The normalized spacial score (nSPS) is 12.3. The first-order valence-electron chi connectivity index (χ1n) is 18.8. The van der Waals surface area contributed by atoms with E-state index in [9.17, 15) is 0 Å². The second-order valence-corrected chi connectivity index (χ2v) is 15.1. The number of thiol groups is 1. The van der Waals surface area contributed by atoms with E-state index in [1.807, 2.05) is 12.1 Å². The Morgan fingerprint density at radius 3 is 0.947 bits per heavy atom. The molecule has 0 fully saturated rings. The maximum Gasteiger partial charge on any atom is 0.164 e. The number of hydrogen-bond acceptors (Lipinski definition) is 7. The molecule has 2 aliphatic heterocycles. The van der Waals surface area contributed by atoms with Crippen molar-refractivity contribution in [2.45, 2.75) is 0 Å². The van der Waals surface area contributed by atoms with Gasteiger partial charge in [-0.25, -0.2) is 29.9 Å². The summed E-state index contributed by atoms with van der Waals surface area (Å²) in [6.07, 6.45) is 0. The molecule has 57 heavy (non-hydrogen) atoms. The van der Waals surface area contributed by atoms with E-state index in [0.717, 1.165) is 86.9 Å². The standard InChI is InChI=1S/C48H26N8S/c57-56-47-39-23-31-15-7-8-16-32(31)24-40(39)48(56)55-46-38-22-30-14-6-4-12-28(30)20-36(38)44(53-46)51-42-34-18-26-10-2-1-9-25(26)17-33(34)41(49-42)50-43-35-19-27-11-3-5-13-29(27)21-37(35)45(52-43)54-47/h1-24,57H,(H,49,50,51,52,53,54,55). The summed E-state index contributed by atoms with van der Waals surface area (Å²) in [7, 11) is 0. The molecule has 0 saturated carbocycles. The van der Waals surface area contributed by atoms with Crippen molar-refractivity contribution in [1.82, 2.24) is 38.9 Å². The molecular weight excluding hydrogens is 721 g/mol. The van der Waals surface area contributed by atoms with Gasteiger partial charge in [-0.2, -0.15) is 0 Å². The van der Waals surface area contributed by atoms with E-state index in [2.05, 4.69) is 138 Å². The lowest BCUT2D eigenvalue weighted by Gasteiger charge is -2.03. The van der Waals surface area contributed by atoms with Crippen molar-refractivity contribution in [3.8, 4) is 45.6 Å². The van der Waals surface area contributed by atoms with Gasteiger partial charge in [-0.15, -0.1) is 0 Å². The Bertz CT molecular complexity index is 3550. The first kappa shape index (κ1) is 30.8. The van der Waals surface area contributed by atoms with E-state index >= 15 is 0 Å². The quantitative estimate of drug-likeness (QED) is 0.150. The Kier molecular flexibility index (Phi) is 6.10. The highest BCUT2D eigenvalue weighted by Gasteiger charge is 2.24. The Labute approximate surface area is 328 Å². The third-order valence-electron chi connectivity index (χ3n) is 11.4. The van der Waals surface area contributed by atoms with E-state index < -0.39 is 0 Å². The summed E-state index contributed by atoms with van der Waals surface area (Å²) < 4.78 is 1.77. The zero-order chi connectivity index (χ0) is 37.4. The van der Waals surface area contributed by atoms with Crippen molar-refractivity contribution < 1.29 is 0 Å². The van der Waals surface area contributed by atoms with Gasteiger partial charge in [-0.05, 0) is 91.6 Å². The second-order valence-electron chi connectivity index (χ2n) is 14.7. The summed E-state index contributed by atoms with van der Waals surface area (Å²) >= 11 is 5.14. The van der Waals surface area contributed by atoms with Gasteiger partial charge < -0.3 is 4.98 Å². The van der Waals surface area contributed by atoms with Crippen LogP contribution in [0, 0.1) is 0 Å². The van der Waals surface area contributed by atoms with Gasteiger partial charge in [0.15, 0.2) is 34.6 Å². The number of fused-ring (bicyclic) bond motifs is 24. The van der Waals surface area contributed by atoms with Crippen molar-refractivity contribution in [1.29, 1.82) is 0 Å². The van der Waals surface area contributed by atoms with Crippen LogP contribution in [-0.4, -0.2) is 38.9 Å². The summed E-state index contributed by atoms with van der Waals surface area (Å²) in [5.74, 6) is 2.22. The monoisotopic (exact) mass is 746 g/mol. The number of H-pyrrole nitrogens is 1. The van der Waals surface area contributed by atoms with Crippen molar-refractivity contribution >= 4 is 100 Å². The highest BCUT2D eigenvalue weighted by molar-refractivity contribution is 7.79. The molecular formula is C48H26N8S. The van der Waals surface area contributed by atoms with Gasteiger partial charge in [0.25, 0.3) is 0 Å². The third-order valence-corrected chi connectivity index (χ3v) is 11.8. The fraction of sp³-hybridized carbons (Fsp3) is 0. The van der Waals surface area contributed by atoms with Gasteiger partial charge in [0, 0.05) is 43.8 Å². The lowest BCUT2D eigenvalue weighted by atomic mass is 10.0. The third kappa shape index (κ3) is 4.51. The molecule has 2 aliphatic rings. The van der Waals surface area contributed by atoms with Gasteiger partial charge >= 0.3 is 0 Å². The van der Waals surface area contributed by atoms with E-state index in [1.54, 1.807) is 3.97 Å². The molecule has 9 heteroatoms. The topological polar surface area (TPSA) is 98.1 Å². The van der Waals surface area contributed by atoms with Gasteiger partial charge in [0.1, 0.15) is 11.3 Å². The fourth-order valence-electron chi connectivity index (χ4n) is 8.62. The maximum atomic E-state index is 5.35. The van der Waals surface area contributed by atoms with Crippen LogP contribution >= 0.6 is 12.8 Å². The molecule has 5 heterocycles. The summed E-state index contributed by atoms with van der Waals surface area (Å²) in [5.41, 5.74) is 6.14. The second kappa shape index (κ2) is 11.3. The molecule has 0 atom stereocenters. The molecule has 264 valence electrons. The number of nitrogens with zero attached hydrogens (tertiary/aromatic N) is 7. The van der Waals surface area contributed by atoms with Gasteiger partial charge in [0.2, 0.25) is 0 Å². The molecule has 1 N–H and O–H groups in total. The van der Waals surface area contributed by atoms with Crippen LogP contribution in [0.2, 0.25) is 0 Å². The lowest BCUT2D eigenvalue weighted by molar-refractivity contribution is 1.18. The number of aromatic amines is 1. The Morgan fingerprint density at radius 1 is 0.333 bits per heavy atom. The minimum atomic E-state index is 0.549. The summed E-state index contributed by atoms with van der Waals surface area (Å²) in [6, 6.07) is 50.7. The number of nitrogens with one attached hydrogen (secondary N) is 1. The molecule has 8 aromatic carbocycles. The Morgan fingerprint density at radius 2 is 0.614 bits per heavy atom. The molecule has 0 radical (unpaired) electrons. The maximum absolute atomic E-state index is 5.35. The highest BCUT2D eigenvalue weighted by Crippen LogP contribution is 2.41. The van der Waals surface area contributed by atoms with Crippen LogP contribution in [0.1, 0.15) is 0 Å². The molecule has 3 aromatic heterocycles. The van der Waals surface area contributed by atoms with Crippen LogP contribution in [0.25, 0.3) is 133 Å². The minimum Gasteiger partial charge on any atom is -0.324 e.